The highest BCUT2D eigenvalue weighted by atomic mass is 79.9. The van der Waals surface area contributed by atoms with Crippen LogP contribution in [0.1, 0.15) is 43.0 Å². The maximum atomic E-state index is 12.2. The van der Waals surface area contributed by atoms with E-state index in [0.717, 1.165) is 25.7 Å². The van der Waals surface area contributed by atoms with Gasteiger partial charge in [0.05, 0.1) is 10.5 Å². The second-order valence-corrected chi connectivity index (χ2v) is 7.90. The predicted octanol–water partition coefficient (Wildman–Crippen LogP) is 2.83. The minimum absolute atomic E-state index is 0.102. The Hall–Kier alpha value is -0.920. The molecule has 1 aromatic rings. The Morgan fingerprint density at radius 3 is 2.71 bits per heavy atom. The minimum Gasteiger partial charge on any atom is -0.459 e. The van der Waals surface area contributed by atoms with Crippen molar-refractivity contribution in [1.29, 1.82) is 0 Å². The summed E-state index contributed by atoms with van der Waals surface area (Å²) in [6.07, 6.45) is 3.78. The molecule has 2 N–H and O–H groups in total. The van der Waals surface area contributed by atoms with Crippen molar-refractivity contribution < 1.29 is 17.9 Å². The van der Waals surface area contributed by atoms with E-state index in [1.807, 2.05) is 0 Å². The molecule has 1 aliphatic carbocycles. The molecular weight excluding hydrogens is 358 g/mol. The molecule has 21 heavy (non-hydrogen) atoms. The highest BCUT2D eigenvalue weighted by Crippen LogP contribution is 2.28. The van der Waals surface area contributed by atoms with Crippen LogP contribution in [0.4, 0.5) is 0 Å². The molecule has 0 saturated heterocycles. The van der Waals surface area contributed by atoms with Crippen LogP contribution in [0, 0.1) is 5.92 Å². The molecular formula is C14H18BrNO4S. The van der Waals surface area contributed by atoms with Crippen molar-refractivity contribution in [2.45, 2.75) is 43.6 Å². The lowest BCUT2D eigenvalue weighted by Crippen LogP contribution is -2.25. The molecule has 2 rings (SSSR count). The topological polar surface area (TPSA) is 86.5 Å². The van der Waals surface area contributed by atoms with Gasteiger partial charge < -0.3 is 4.74 Å². The number of hydrogen-bond acceptors (Lipinski definition) is 4. The van der Waals surface area contributed by atoms with E-state index >= 15 is 0 Å². The Kier molecular flexibility index (Phi) is 5.06. The first-order valence-corrected chi connectivity index (χ1v) is 9.14. The average molecular weight is 376 g/mol. The summed E-state index contributed by atoms with van der Waals surface area (Å²) in [5, 5.41) is 5.08. The summed E-state index contributed by atoms with van der Waals surface area (Å²) in [5.41, 5.74) is 0.180. The largest absolute Gasteiger partial charge is 0.459 e. The van der Waals surface area contributed by atoms with Crippen molar-refractivity contribution in [3.8, 4) is 0 Å². The van der Waals surface area contributed by atoms with Crippen LogP contribution in [0.25, 0.3) is 0 Å². The minimum atomic E-state index is -3.85. The van der Waals surface area contributed by atoms with Gasteiger partial charge in [-0.2, -0.15) is 0 Å². The van der Waals surface area contributed by atoms with Crippen LogP contribution in [0.5, 0.6) is 0 Å². The lowest BCUT2D eigenvalue weighted by molar-refractivity contribution is 0.0154. The third-order valence-corrected chi connectivity index (χ3v) is 5.25. The zero-order valence-electron chi connectivity index (χ0n) is 11.7. The number of benzene rings is 1. The van der Waals surface area contributed by atoms with E-state index in [0.29, 0.717) is 10.4 Å². The van der Waals surface area contributed by atoms with Crippen molar-refractivity contribution in [3.63, 3.8) is 0 Å². The first kappa shape index (κ1) is 16.5. The molecule has 0 bridgehead atoms. The highest BCUT2D eigenvalue weighted by molar-refractivity contribution is 9.10. The van der Waals surface area contributed by atoms with E-state index in [9.17, 15) is 13.2 Å². The molecule has 1 saturated carbocycles. The highest BCUT2D eigenvalue weighted by Gasteiger charge is 2.24. The molecule has 0 spiro atoms. The van der Waals surface area contributed by atoms with Crippen molar-refractivity contribution in [1.82, 2.24) is 0 Å². The van der Waals surface area contributed by atoms with Crippen LogP contribution in [0.3, 0.4) is 0 Å². The van der Waals surface area contributed by atoms with Gasteiger partial charge in [0.15, 0.2) is 0 Å². The van der Waals surface area contributed by atoms with Gasteiger partial charge in [-0.3, -0.25) is 0 Å². The van der Waals surface area contributed by atoms with Crippen molar-refractivity contribution in [2.75, 3.05) is 0 Å². The summed E-state index contributed by atoms with van der Waals surface area (Å²) in [7, 11) is -3.85. The van der Waals surface area contributed by atoms with E-state index in [1.54, 1.807) is 0 Å². The third kappa shape index (κ3) is 4.28. The predicted molar refractivity (Wildman–Crippen MR) is 82.4 cm³/mol. The molecule has 7 heteroatoms. The first-order valence-electron chi connectivity index (χ1n) is 6.80. The molecule has 0 heterocycles. The van der Waals surface area contributed by atoms with Gasteiger partial charge in [0.1, 0.15) is 6.10 Å². The molecule has 0 radical (unpaired) electrons. The molecule has 0 aliphatic heterocycles. The molecule has 5 nitrogen and oxygen atoms in total. The van der Waals surface area contributed by atoms with Crippen molar-refractivity contribution in [2.24, 2.45) is 11.1 Å². The van der Waals surface area contributed by atoms with Crippen LogP contribution < -0.4 is 5.14 Å². The second kappa shape index (κ2) is 6.46. The van der Waals surface area contributed by atoms with E-state index in [-0.39, 0.29) is 16.6 Å². The molecule has 2 atom stereocenters. The SMILES string of the molecule is CC1CCCC(OC(=O)c2cc(S(N)(=O)=O)ccc2Br)C1. The number of esters is 1. The number of primary sulfonamides is 1. The molecule has 2 unspecified atom stereocenters. The van der Waals surface area contributed by atoms with Crippen LogP contribution in [-0.4, -0.2) is 20.5 Å². The zero-order chi connectivity index (χ0) is 15.6. The van der Waals surface area contributed by atoms with E-state index in [1.165, 1.54) is 18.2 Å². The smallest absolute Gasteiger partial charge is 0.339 e. The van der Waals surface area contributed by atoms with E-state index in [2.05, 4.69) is 22.9 Å². The lowest BCUT2D eigenvalue weighted by atomic mass is 9.89. The standard InChI is InChI=1S/C14H18BrNO4S/c1-9-3-2-4-10(7-9)20-14(17)12-8-11(21(16,18)19)5-6-13(12)15/h5-6,8-10H,2-4,7H2,1H3,(H2,16,18,19). The molecule has 1 aliphatic rings. The number of carbonyl (C=O) groups is 1. The maximum absolute atomic E-state index is 12.2. The number of carbonyl (C=O) groups excluding carboxylic acids is 1. The number of sulfonamides is 1. The summed E-state index contributed by atoms with van der Waals surface area (Å²) < 4.78 is 28.7. The van der Waals surface area contributed by atoms with Gasteiger partial charge in [0.25, 0.3) is 0 Å². The summed E-state index contributed by atoms with van der Waals surface area (Å²) in [6.45, 7) is 2.14. The monoisotopic (exact) mass is 375 g/mol. The number of halogens is 1. The third-order valence-electron chi connectivity index (χ3n) is 3.65. The fraction of sp³-hybridized carbons (Fsp3) is 0.500. The quantitative estimate of drug-likeness (QED) is 0.822. The van der Waals surface area contributed by atoms with Crippen LogP contribution in [0.2, 0.25) is 0 Å². The number of hydrogen-bond donors (Lipinski definition) is 1. The first-order chi connectivity index (χ1) is 9.77. The number of ether oxygens (including phenoxy) is 1. The summed E-state index contributed by atoms with van der Waals surface area (Å²) in [6, 6.07) is 4.08. The molecule has 1 fully saturated rings. The Balaban J connectivity index is 2.18. The lowest BCUT2D eigenvalue weighted by Gasteiger charge is -2.26. The van der Waals surface area contributed by atoms with Crippen molar-refractivity contribution >= 4 is 31.9 Å². The van der Waals surface area contributed by atoms with Crippen molar-refractivity contribution in [3.05, 3.63) is 28.2 Å². The van der Waals surface area contributed by atoms with Gasteiger partial charge in [-0.25, -0.2) is 18.4 Å². The van der Waals surface area contributed by atoms with Crippen LogP contribution >= 0.6 is 15.9 Å². The second-order valence-electron chi connectivity index (χ2n) is 5.49. The van der Waals surface area contributed by atoms with Gasteiger partial charge >= 0.3 is 5.97 Å². The van der Waals surface area contributed by atoms with Gasteiger partial charge in [0, 0.05) is 4.47 Å². The fourth-order valence-electron chi connectivity index (χ4n) is 2.54. The number of rotatable bonds is 3. The van der Waals surface area contributed by atoms with E-state index < -0.39 is 16.0 Å². The van der Waals surface area contributed by atoms with Crippen LogP contribution in [0.15, 0.2) is 27.6 Å². The molecule has 0 amide bonds. The molecule has 116 valence electrons. The van der Waals surface area contributed by atoms with Gasteiger partial charge in [0.2, 0.25) is 10.0 Å². The van der Waals surface area contributed by atoms with Gasteiger partial charge in [-0.1, -0.05) is 13.3 Å². The number of nitrogens with two attached hydrogens (primary N) is 1. The summed E-state index contributed by atoms with van der Waals surface area (Å²) >= 11 is 3.24. The summed E-state index contributed by atoms with van der Waals surface area (Å²) in [5.74, 6) is 0.0159. The van der Waals surface area contributed by atoms with E-state index in [4.69, 9.17) is 9.88 Å². The fourth-order valence-corrected chi connectivity index (χ4v) is 3.49. The summed E-state index contributed by atoms with van der Waals surface area (Å²) in [4.78, 5) is 12.1. The Morgan fingerprint density at radius 1 is 1.38 bits per heavy atom. The van der Waals surface area contributed by atoms with Gasteiger partial charge in [-0.05, 0) is 59.3 Å². The maximum Gasteiger partial charge on any atom is 0.339 e. The normalized spacial score (nSPS) is 22.8. The van der Waals surface area contributed by atoms with Crippen LogP contribution in [-0.2, 0) is 14.8 Å². The zero-order valence-corrected chi connectivity index (χ0v) is 14.1. The molecule has 0 aromatic heterocycles. The Morgan fingerprint density at radius 2 is 2.10 bits per heavy atom. The Bertz CT molecular complexity index is 644. The molecule has 1 aromatic carbocycles. The average Bonchev–Trinajstić information content (AvgIpc) is 2.37. The Labute approximate surface area is 133 Å². The van der Waals surface area contributed by atoms with Gasteiger partial charge in [-0.15, -0.1) is 0 Å².